The average Bonchev–Trinajstić information content (AvgIpc) is 2.98. The molecule has 2 N–H and O–H groups in total. The maximum absolute atomic E-state index is 12.3. The molecule has 1 atom stereocenters. The number of aromatic nitrogens is 2. The molecule has 94 valence electrons. The van der Waals surface area contributed by atoms with E-state index in [-0.39, 0.29) is 26.3 Å². The molecule has 1 aromatic carbocycles. The molecule has 1 aliphatic heterocycles. The maximum atomic E-state index is 12.3. The monoisotopic (exact) mass is 310 g/mol. The first-order valence-electron chi connectivity index (χ1n) is 5.92. The summed E-state index contributed by atoms with van der Waals surface area (Å²) in [6.45, 7) is 3.63. The number of benzene rings is 1. The first-order chi connectivity index (χ1) is 8.69. The third-order valence-corrected chi connectivity index (χ3v) is 4.59. The van der Waals surface area contributed by atoms with Crippen molar-refractivity contribution >= 4 is 37.6 Å². The normalized spacial score (nSPS) is 23.4. The molecule has 0 aliphatic carbocycles. The van der Waals surface area contributed by atoms with Crippen molar-refractivity contribution in [2.24, 2.45) is 5.41 Å². The second kappa shape index (κ2) is 4.46. The molecule has 1 saturated heterocycles. The molecule has 3 rings (SSSR count). The molecule has 1 aliphatic rings. The van der Waals surface area contributed by atoms with E-state index in [1.54, 1.807) is 0 Å². The van der Waals surface area contributed by atoms with Crippen molar-refractivity contribution in [3.8, 4) is 0 Å². The van der Waals surface area contributed by atoms with Gasteiger partial charge in [0, 0.05) is 0 Å². The van der Waals surface area contributed by atoms with Crippen LogP contribution >= 0.6 is 0 Å². The molecule has 1 unspecified atom stereocenters. The van der Waals surface area contributed by atoms with Gasteiger partial charge in [0.1, 0.15) is 0 Å². The van der Waals surface area contributed by atoms with Crippen LogP contribution in [0.3, 0.4) is 0 Å². The van der Waals surface area contributed by atoms with Crippen LogP contribution in [0.15, 0.2) is 18.2 Å². The van der Waals surface area contributed by atoms with Gasteiger partial charge >= 0.3 is 111 Å². The van der Waals surface area contributed by atoms with Crippen molar-refractivity contribution in [3.05, 3.63) is 18.2 Å². The number of hydrogen-bond acceptors (Lipinski definition) is 4. The molecule has 0 radical (unpaired) electrons. The summed E-state index contributed by atoms with van der Waals surface area (Å²) in [5.74, 6) is 0.0653. The fourth-order valence-corrected chi connectivity index (χ4v) is 3.34. The number of hydrogen-bond donors (Lipinski definition) is 2. The minimum absolute atomic E-state index is 0.0653. The van der Waals surface area contributed by atoms with E-state index in [0.29, 0.717) is 0 Å². The number of carbonyl (C=O) groups is 1. The number of anilines is 1. The van der Waals surface area contributed by atoms with Gasteiger partial charge in [0.05, 0.1) is 0 Å². The minimum atomic E-state index is -0.316. The topological polar surface area (TPSA) is 66.9 Å². The van der Waals surface area contributed by atoms with Crippen LogP contribution in [-0.4, -0.2) is 41.9 Å². The molecule has 5 nitrogen and oxygen atoms in total. The fourth-order valence-electron chi connectivity index (χ4n) is 2.19. The van der Waals surface area contributed by atoms with Crippen LogP contribution in [0.1, 0.15) is 13.3 Å². The zero-order valence-corrected chi connectivity index (χ0v) is 11.8. The van der Waals surface area contributed by atoms with E-state index in [4.69, 9.17) is 0 Å². The summed E-state index contributed by atoms with van der Waals surface area (Å²) in [7, 11) is 0. The Morgan fingerprint density at radius 3 is 3.17 bits per heavy atom. The van der Waals surface area contributed by atoms with Crippen LogP contribution in [0.2, 0.25) is 0 Å². The number of nitrogens with one attached hydrogen (secondary N) is 2. The molecule has 2 aromatic rings. The van der Waals surface area contributed by atoms with E-state index in [2.05, 4.69) is 18.6 Å². The fraction of sp³-hybridized carbons (Fsp3) is 0.417. The number of fused-ring (bicyclic) bond motifs is 1. The van der Waals surface area contributed by atoms with Crippen LogP contribution in [0, 0.1) is 5.41 Å². The van der Waals surface area contributed by atoms with E-state index in [9.17, 15) is 4.79 Å². The molecule has 1 aromatic heterocycles. The Hall–Kier alpha value is -1.23. The second-order valence-electron chi connectivity index (χ2n) is 4.88. The van der Waals surface area contributed by atoms with E-state index in [1.165, 1.54) is 0 Å². The van der Waals surface area contributed by atoms with Crippen molar-refractivity contribution in [2.75, 3.05) is 18.4 Å². The quantitative estimate of drug-likeness (QED) is 0.798. The molecule has 1 fully saturated rings. The zero-order chi connectivity index (χ0) is 12.6. The van der Waals surface area contributed by atoms with Crippen LogP contribution in [-0.2, 0) is 4.79 Å². The van der Waals surface area contributed by atoms with Crippen molar-refractivity contribution in [3.63, 3.8) is 0 Å². The Labute approximate surface area is 111 Å². The van der Waals surface area contributed by atoms with Gasteiger partial charge in [-0.25, -0.2) is 0 Å². The molecular weight excluding hydrogens is 295 g/mol. The number of nitrogens with zero attached hydrogens (tertiary/aromatic N) is 2. The summed E-state index contributed by atoms with van der Waals surface area (Å²) in [5, 5.41) is 6.23. The van der Waals surface area contributed by atoms with Gasteiger partial charge in [0.2, 0.25) is 0 Å². The summed E-state index contributed by atoms with van der Waals surface area (Å²) >= 11 is -0.0675. The third kappa shape index (κ3) is 1.96. The SMILES string of the molecule is CC1(C(=O)Nc2cccc3n[se]nc23)CCNC1. The van der Waals surface area contributed by atoms with Crippen LogP contribution in [0.5, 0.6) is 0 Å². The van der Waals surface area contributed by atoms with Gasteiger partial charge in [-0.2, -0.15) is 0 Å². The molecule has 1 amide bonds. The number of carbonyl (C=O) groups excluding carboxylic acids is 1. The zero-order valence-electron chi connectivity index (χ0n) is 10.1. The Kier molecular flexibility index (Phi) is 2.93. The first kappa shape index (κ1) is 11.8. The van der Waals surface area contributed by atoms with Crippen LogP contribution in [0.25, 0.3) is 11.0 Å². The summed E-state index contributed by atoms with van der Waals surface area (Å²) in [5.41, 5.74) is 2.19. The molecular formula is C12H14N4OSe. The third-order valence-electron chi connectivity index (χ3n) is 3.45. The average molecular weight is 309 g/mol. The predicted molar refractivity (Wildman–Crippen MR) is 70.7 cm³/mol. The molecule has 2 heterocycles. The van der Waals surface area contributed by atoms with Gasteiger partial charge in [0.15, 0.2) is 0 Å². The van der Waals surface area contributed by atoms with E-state index < -0.39 is 0 Å². The van der Waals surface area contributed by atoms with Crippen molar-refractivity contribution in [2.45, 2.75) is 13.3 Å². The number of rotatable bonds is 2. The van der Waals surface area contributed by atoms with Crippen molar-refractivity contribution < 1.29 is 4.79 Å². The molecule has 0 saturated carbocycles. The molecule has 0 bridgehead atoms. The standard InChI is InChI=1S/C12H14N4OSe/c1-12(5-6-13-7-12)11(17)14-8-3-2-4-9-10(8)16-18-15-9/h2-4,13H,5-7H2,1H3,(H,14,17). The Balaban J connectivity index is 1.88. The molecule has 0 spiro atoms. The van der Waals surface area contributed by atoms with Crippen molar-refractivity contribution in [1.29, 1.82) is 0 Å². The van der Waals surface area contributed by atoms with E-state index in [1.807, 2.05) is 25.1 Å². The number of amides is 1. The summed E-state index contributed by atoms with van der Waals surface area (Å²) in [6.07, 6.45) is 0.874. The first-order valence-corrected chi connectivity index (χ1v) is 7.46. The van der Waals surface area contributed by atoms with Crippen LogP contribution in [0.4, 0.5) is 5.69 Å². The molecule has 18 heavy (non-hydrogen) atoms. The summed E-state index contributed by atoms with van der Waals surface area (Å²) in [4.78, 5) is 12.3. The van der Waals surface area contributed by atoms with Gasteiger partial charge in [-0.3, -0.25) is 0 Å². The van der Waals surface area contributed by atoms with Gasteiger partial charge in [0.25, 0.3) is 0 Å². The second-order valence-corrected chi connectivity index (χ2v) is 5.99. The Bertz CT molecular complexity index is 589. The Morgan fingerprint density at radius 2 is 2.39 bits per heavy atom. The van der Waals surface area contributed by atoms with Crippen LogP contribution < -0.4 is 10.6 Å². The Morgan fingerprint density at radius 1 is 1.50 bits per heavy atom. The van der Waals surface area contributed by atoms with Gasteiger partial charge in [-0.05, 0) is 0 Å². The van der Waals surface area contributed by atoms with Gasteiger partial charge in [-0.15, -0.1) is 0 Å². The molecule has 6 heteroatoms. The van der Waals surface area contributed by atoms with Crippen molar-refractivity contribution in [1.82, 2.24) is 13.3 Å². The van der Waals surface area contributed by atoms with E-state index >= 15 is 0 Å². The summed E-state index contributed by atoms with van der Waals surface area (Å²) in [6, 6.07) is 5.73. The van der Waals surface area contributed by atoms with Gasteiger partial charge in [-0.1, -0.05) is 0 Å². The summed E-state index contributed by atoms with van der Waals surface area (Å²) < 4.78 is 8.68. The van der Waals surface area contributed by atoms with E-state index in [0.717, 1.165) is 36.2 Å². The predicted octanol–water partition coefficient (Wildman–Crippen LogP) is 0.625. The van der Waals surface area contributed by atoms with Gasteiger partial charge < -0.3 is 0 Å².